The first-order valence-electron chi connectivity index (χ1n) is 23.9. The number of benzene rings is 2. The van der Waals surface area contributed by atoms with Gasteiger partial charge in [0.25, 0.3) is 0 Å². The number of aromatic nitrogens is 4. The molecule has 3 heterocycles. The summed E-state index contributed by atoms with van der Waals surface area (Å²) in [5.41, 5.74) is 1.89. The summed E-state index contributed by atoms with van der Waals surface area (Å²) >= 11 is 2.96. The van der Waals surface area contributed by atoms with Gasteiger partial charge in [-0.1, -0.05) is 55.0 Å². The summed E-state index contributed by atoms with van der Waals surface area (Å²) in [6, 6.07) is 15.7. The van der Waals surface area contributed by atoms with E-state index in [9.17, 15) is 14.7 Å². The van der Waals surface area contributed by atoms with Crippen molar-refractivity contribution in [3.8, 4) is 17.6 Å². The number of methoxy groups -OCH3 is 1. The van der Waals surface area contributed by atoms with Gasteiger partial charge in [-0.25, -0.2) is 19.0 Å². The van der Waals surface area contributed by atoms with Crippen LogP contribution in [0.3, 0.4) is 0 Å². The van der Waals surface area contributed by atoms with Crippen molar-refractivity contribution in [1.29, 1.82) is 0 Å². The molecule has 0 aliphatic carbocycles. The lowest BCUT2D eigenvalue weighted by Gasteiger charge is -2.29. The molecule has 5 rings (SSSR count). The number of nitrogens with zero attached hydrogens (tertiary/aromatic N) is 8. The van der Waals surface area contributed by atoms with Gasteiger partial charge < -0.3 is 38.3 Å². The van der Waals surface area contributed by atoms with Crippen molar-refractivity contribution < 1.29 is 42.5 Å². The Morgan fingerprint density at radius 3 is 2.44 bits per heavy atom. The van der Waals surface area contributed by atoms with Gasteiger partial charge in [0.05, 0.1) is 57.7 Å². The molecule has 0 aliphatic rings. The van der Waals surface area contributed by atoms with Crippen LogP contribution >= 0.6 is 22.7 Å². The van der Waals surface area contributed by atoms with Gasteiger partial charge in [0, 0.05) is 51.7 Å². The maximum Gasteiger partial charge on any atom is 0.410 e. The molecular weight excluding hydrogens is 948 g/mol. The molecule has 0 aliphatic heterocycles. The highest BCUT2D eigenvalue weighted by Gasteiger charge is 2.25. The molecular formula is C51H72FN8O7S2Si+. The maximum absolute atomic E-state index is 15.2. The zero-order valence-electron chi connectivity index (χ0n) is 42.9. The summed E-state index contributed by atoms with van der Waals surface area (Å²) in [7, 11) is 6.03. The van der Waals surface area contributed by atoms with Gasteiger partial charge in [-0.3, -0.25) is 4.57 Å². The largest absolute Gasteiger partial charge is 0.491 e. The van der Waals surface area contributed by atoms with E-state index in [-0.39, 0.29) is 31.2 Å². The molecule has 0 fully saturated rings. The molecule has 3 aromatic heterocycles. The van der Waals surface area contributed by atoms with Crippen LogP contribution in [-0.2, 0) is 27.4 Å². The summed E-state index contributed by atoms with van der Waals surface area (Å²) in [6.45, 7) is 18.3. The van der Waals surface area contributed by atoms with Crippen molar-refractivity contribution in [1.82, 2.24) is 24.6 Å². The summed E-state index contributed by atoms with van der Waals surface area (Å²) in [6.07, 6.45) is 3.91. The molecule has 380 valence electrons. The number of quaternary nitrogens is 1. The fourth-order valence-corrected chi connectivity index (χ4v) is 10.0. The normalized spacial score (nSPS) is 12.2. The first-order chi connectivity index (χ1) is 33.2. The highest BCUT2D eigenvalue weighted by Crippen LogP contribution is 2.34. The zero-order valence-corrected chi connectivity index (χ0v) is 45.5. The summed E-state index contributed by atoms with van der Waals surface area (Å²) in [4.78, 5) is 40.2. The van der Waals surface area contributed by atoms with Crippen LogP contribution < -0.4 is 14.4 Å². The van der Waals surface area contributed by atoms with Crippen LogP contribution in [0.2, 0.25) is 25.7 Å². The van der Waals surface area contributed by atoms with E-state index in [1.807, 2.05) is 30.0 Å². The number of carbonyl (C=O) groups excluding carboxylic acids is 2. The Morgan fingerprint density at radius 2 is 1.74 bits per heavy atom. The fraction of sp³-hybridized carbons (Fsp3) is 0.529. The minimum Gasteiger partial charge on any atom is -0.491 e. The second-order valence-corrected chi connectivity index (χ2v) is 27.8. The molecule has 0 saturated heterocycles. The number of amides is 1. The number of hydrogen-bond acceptors (Lipinski definition) is 14. The minimum absolute atomic E-state index is 0.0773. The second kappa shape index (κ2) is 25.8. The average molecular weight is 1020 g/mol. The topological polar surface area (TPSA) is 154 Å². The van der Waals surface area contributed by atoms with Gasteiger partial charge in [-0.15, -0.1) is 21.5 Å². The van der Waals surface area contributed by atoms with Crippen molar-refractivity contribution in [2.75, 3.05) is 79.2 Å². The zero-order chi connectivity index (χ0) is 51.1. The Morgan fingerprint density at radius 1 is 0.986 bits per heavy atom. The van der Waals surface area contributed by atoms with Gasteiger partial charge in [0.2, 0.25) is 0 Å². The van der Waals surface area contributed by atoms with Gasteiger partial charge >= 0.3 is 12.1 Å². The van der Waals surface area contributed by atoms with E-state index in [2.05, 4.69) is 67.4 Å². The Kier molecular flexibility index (Phi) is 20.5. The molecule has 0 unspecified atom stereocenters. The molecule has 1 N–H and O–H groups in total. The number of ether oxygens (including phenoxy) is 4. The van der Waals surface area contributed by atoms with Crippen LogP contribution in [0.5, 0.6) is 5.75 Å². The molecule has 0 saturated carbocycles. The second-order valence-electron chi connectivity index (χ2n) is 20.1. The lowest BCUT2D eigenvalue weighted by Crippen LogP contribution is -2.41. The predicted octanol–water partition coefficient (Wildman–Crippen LogP) is 9.73. The molecule has 5 aromatic rings. The molecule has 0 spiro atoms. The van der Waals surface area contributed by atoms with Crippen molar-refractivity contribution in [3.63, 3.8) is 0 Å². The Labute approximate surface area is 421 Å². The maximum atomic E-state index is 15.2. The number of esters is 1. The lowest BCUT2D eigenvalue weighted by atomic mass is 10.2. The third-order valence-corrected chi connectivity index (χ3v) is 15.0. The van der Waals surface area contributed by atoms with E-state index >= 15 is 4.39 Å². The average Bonchev–Trinajstić information content (AvgIpc) is 3.88. The quantitative estimate of drug-likeness (QED) is 0.0207. The van der Waals surface area contributed by atoms with Gasteiger partial charge in [0.1, 0.15) is 12.3 Å². The third kappa shape index (κ3) is 17.3. The molecule has 0 radical (unpaired) electrons. The van der Waals surface area contributed by atoms with Crippen molar-refractivity contribution >= 4 is 69.8 Å². The van der Waals surface area contributed by atoms with Crippen LogP contribution in [-0.4, -0.2) is 134 Å². The van der Waals surface area contributed by atoms with Crippen LogP contribution in [0.4, 0.5) is 26.0 Å². The lowest BCUT2D eigenvalue weighted by molar-refractivity contribution is -0.890. The number of aryl methyl sites for hydroxylation is 2. The third-order valence-electron chi connectivity index (χ3n) is 11.1. The number of fused-ring (bicyclic) bond motifs is 1. The SMILES string of the molecule is COC(=O)c1nc(N(CCCCC[N+](C)(C)CCCO)c2cc(C)c(/N=c3\sc4ccccc4n3COCC[Si](C)(C)C)nn2)sc1CCCOc1ccc(C#CCN(C)C(=O)OC(C)(C)C)cc1F. The van der Waals surface area contributed by atoms with E-state index in [1.165, 1.54) is 35.5 Å². The number of aliphatic hydroxyl groups is 1. The molecule has 0 atom stereocenters. The van der Waals surface area contributed by atoms with Crippen LogP contribution in [0.25, 0.3) is 10.2 Å². The Hall–Kier alpha value is -5.23. The van der Waals surface area contributed by atoms with Gasteiger partial charge in [0.15, 0.2) is 38.8 Å². The van der Waals surface area contributed by atoms with Gasteiger partial charge in [-0.2, -0.15) is 4.99 Å². The number of rotatable bonds is 24. The first-order valence-corrected chi connectivity index (χ1v) is 29.2. The molecule has 2 aromatic carbocycles. The van der Waals surface area contributed by atoms with Crippen molar-refractivity contribution in [2.45, 2.75) is 104 Å². The Balaban J connectivity index is 1.34. The molecule has 0 bridgehead atoms. The van der Waals surface area contributed by atoms with E-state index in [0.29, 0.717) is 59.9 Å². The fourth-order valence-electron chi connectivity index (χ4n) is 7.12. The molecule has 15 nitrogen and oxygen atoms in total. The number of aliphatic hydroxyl groups excluding tert-OH is 1. The van der Waals surface area contributed by atoms with Crippen molar-refractivity contribution in [2.24, 2.45) is 4.99 Å². The van der Waals surface area contributed by atoms with E-state index < -0.39 is 31.6 Å². The van der Waals surface area contributed by atoms with Crippen LogP contribution in [0.1, 0.15) is 79.4 Å². The number of unbranched alkanes of at least 4 members (excludes halogenated alkanes) is 2. The summed E-state index contributed by atoms with van der Waals surface area (Å²) < 4.78 is 41.8. The Bertz CT molecular complexity index is 2660. The predicted molar refractivity (Wildman–Crippen MR) is 280 cm³/mol. The first kappa shape index (κ1) is 55.7. The minimum atomic E-state index is -1.26. The van der Waals surface area contributed by atoms with E-state index in [4.69, 9.17) is 34.0 Å². The highest BCUT2D eigenvalue weighted by molar-refractivity contribution is 7.16. The standard InChI is InChI=1S/C51H72FN8O7S2Si/c1-37-34-44(55-56-46(37)54-49-59(36-65-32-33-70(9,10)11)40-21-13-14-22-42(40)68-49)58(27-15-12-16-28-60(6,7)29-19-30-61)48-53-45(47(62)64-8)43(69-48)23-18-31-66-41-25-24-38(35-39(41)52)20-17-26-57(5)50(63)67-51(2,3)4/h13-14,21-22,24-25,34-35,61H,12,15-16,18-19,23,26-33,36H2,1-11H3/q+1/b54-49-. The van der Waals surface area contributed by atoms with Crippen LogP contribution in [0.15, 0.2) is 53.5 Å². The van der Waals surface area contributed by atoms with Crippen LogP contribution in [0, 0.1) is 24.6 Å². The number of para-hydroxylation sites is 1. The summed E-state index contributed by atoms with van der Waals surface area (Å²) in [5.74, 6) is 5.79. The van der Waals surface area contributed by atoms with Crippen molar-refractivity contribution in [3.05, 3.63) is 80.8 Å². The number of hydrogen-bond donors (Lipinski definition) is 1. The molecule has 19 heteroatoms. The monoisotopic (exact) mass is 1020 g/mol. The summed E-state index contributed by atoms with van der Waals surface area (Å²) in [5, 5.41) is 19.4. The van der Waals surface area contributed by atoms with E-state index in [0.717, 1.165) is 69.9 Å². The number of halogens is 1. The number of carbonyl (C=O) groups is 2. The number of thiazole rings is 2. The highest BCUT2D eigenvalue weighted by atomic mass is 32.1. The molecule has 1 amide bonds. The molecule has 70 heavy (non-hydrogen) atoms. The van der Waals surface area contributed by atoms with Gasteiger partial charge in [-0.05, 0) is 108 Å². The number of anilines is 2. The van der Waals surface area contributed by atoms with E-state index in [1.54, 1.807) is 45.2 Å². The smallest absolute Gasteiger partial charge is 0.410 e.